The Hall–Kier alpha value is -1.32. The molecule has 0 unspecified atom stereocenters. The molecule has 0 aliphatic rings. The van der Waals surface area contributed by atoms with Gasteiger partial charge in [0, 0.05) is 17.2 Å². The molecule has 0 aliphatic heterocycles. The van der Waals surface area contributed by atoms with Gasteiger partial charge in [0.25, 0.3) is 0 Å². The van der Waals surface area contributed by atoms with Crippen LogP contribution < -0.4 is 5.32 Å². The highest BCUT2D eigenvalue weighted by atomic mass is 32.2. The normalized spacial score (nSPS) is 10.7. The fourth-order valence-corrected chi connectivity index (χ4v) is 2.83. The number of benzene rings is 2. The summed E-state index contributed by atoms with van der Waals surface area (Å²) in [6.07, 6.45) is 0. The van der Waals surface area contributed by atoms with Gasteiger partial charge in [-0.05, 0) is 54.9 Å². The number of hydrogen-bond donors (Lipinski definition) is 1. The minimum atomic E-state index is -0.162. The Labute approximate surface area is 118 Å². The molecule has 100 valence electrons. The number of hydrogen-bond acceptors (Lipinski definition) is 2. The van der Waals surface area contributed by atoms with Crippen LogP contribution in [0, 0.1) is 12.7 Å². The van der Waals surface area contributed by atoms with Crippen molar-refractivity contribution in [2.45, 2.75) is 24.1 Å². The van der Waals surface area contributed by atoms with Gasteiger partial charge in [-0.15, -0.1) is 11.8 Å². The third-order valence-electron chi connectivity index (χ3n) is 3.01. The lowest BCUT2D eigenvalue weighted by Gasteiger charge is -2.07. The lowest BCUT2D eigenvalue weighted by molar-refractivity contribution is 0.626. The highest BCUT2D eigenvalue weighted by Gasteiger charge is 2.02. The summed E-state index contributed by atoms with van der Waals surface area (Å²) < 4.78 is 13.2. The summed E-state index contributed by atoms with van der Waals surface area (Å²) in [6, 6.07) is 13.4. The van der Waals surface area contributed by atoms with Crippen LogP contribution in [-0.4, -0.2) is 7.05 Å². The molecule has 3 heteroatoms. The first-order valence-electron chi connectivity index (χ1n) is 6.30. The van der Waals surface area contributed by atoms with Gasteiger partial charge in [0.05, 0.1) is 0 Å². The molecule has 0 atom stereocenters. The van der Waals surface area contributed by atoms with E-state index in [1.165, 1.54) is 16.5 Å². The number of rotatable bonds is 5. The molecule has 0 spiro atoms. The monoisotopic (exact) mass is 275 g/mol. The molecule has 2 aromatic rings. The lowest BCUT2D eigenvalue weighted by atomic mass is 10.1. The van der Waals surface area contributed by atoms with E-state index in [-0.39, 0.29) is 5.82 Å². The fraction of sp³-hybridized carbons (Fsp3) is 0.250. The average molecular weight is 275 g/mol. The van der Waals surface area contributed by atoms with Crippen molar-refractivity contribution in [3.05, 3.63) is 65.0 Å². The third kappa shape index (κ3) is 4.08. The number of nitrogens with one attached hydrogen (secondary N) is 1. The highest BCUT2D eigenvalue weighted by Crippen LogP contribution is 2.25. The highest BCUT2D eigenvalue weighted by molar-refractivity contribution is 7.98. The Morgan fingerprint density at radius 3 is 2.53 bits per heavy atom. The minimum Gasteiger partial charge on any atom is -0.316 e. The van der Waals surface area contributed by atoms with E-state index in [1.54, 1.807) is 17.8 Å². The zero-order valence-electron chi connectivity index (χ0n) is 11.2. The van der Waals surface area contributed by atoms with E-state index >= 15 is 0 Å². The third-order valence-corrected chi connectivity index (χ3v) is 4.07. The van der Waals surface area contributed by atoms with Crippen LogP contribution >= 0.6 is 11.8 Å². The van der Waals surface area contributed by atoms with Crippen LogP contribution in [0.1, 0.15) is 16.7 Å². The van der Waals surface area contributed by atoms with Gasteiger partial charge in [-0.2, -0.15) is 0 Å². The van der Waals surface area contributed by atoms with E-state index in [0.29, 0.717) is 0 Å². The van der Waals surface area contributed by atoms with Crippen molar-refractivity contribution in [1.82, 2.24) is 5.32 Å². The second-order valence-electron chi connectivity index (χ2n) is 4.53. The zero-order chi connectivity index (χ0) is 13.7. The predicted octanol–water partition coefficient (Wildman–Crippen LogP) is 4.15. The first-order chi connectivity index (χ1) is 9.19. The molecule has 2 aromatic carbocycles. The molecule has 1 N–H and O–H groups in total. The molecular formula is C16H18FNS. The number of aryl methyl sites for hydroxylation is 1. The van der Waals surface area contributed by atoms with E-state index in [2.05, 4.69) is 29.6 Å². The van der Waals surface area contributed by atoms with Crippen molar-refractivity contribution in [3.63, 3.8) is 0 Å². The Balaban J connectivity index is 2.00. The van der Waals surface area contributed by atoms with Gasteiger partial charge in [0.2, 0.25) is 0 Å². The molecule has 0 amide bonds. The minimum absolute atomic E-state index is 0.162. The van der Waals surface area contributed by atoms with Crippen molar-refractivity contribution in [2.24, 2.45) is 0 Å². The molecule has 1 nitrogen and oxygen atoms in total. The second kappa shape index (κ2) is 6.73. The molecular weight excluding hydrogens is 257 g/mol. The predicted molar refractivity (Wildman–Crippen MR) is 79.9 cm³/mol. The Kier molecular flexibility index (Phi) is 5.00. The average Bonchev–Trinajstić information content (AvgIpc) is 2.42. The van der Waals surface area contributed by atoms with Crippen molar-refractivity contribution in [2.75, 3.05) is 7.05 Å². The standard InChI is InChI=1S/C16H18FNS/c1-12-3-6-15(17)9-14(12)11-19-16-7-4-13(5-8-16)10-18-2/h3-9,18H,10-11H2,1-2H3. The van der Waals surface area contributed by atoms with Crippen LogP contribution in [0.15, 0.2) is 47.4 Å². The van der Waals surface area contributed by atoms with E-state index in [0.717, 1.165) is 23.4 Å². The summed E-state index contributed by atoms with van der Waals surface area (Å²) in [5.41, 5.74) is 3.47. The van der Waals surface area contributed by atoms with Crippen LogP contribution in [0.4, 0.5) is 4.39 Å². The smallest absolute Gasteiger partial charge is 0.123 e. The van der Waals surface area contributed by atoms with Gasteiger partial charge in [0.15, 0.2) is 0 Å². The SMILES string of the molecule is CNCc1ccc(SCc2cc(F)ccc2C)cc1. The van der Waals surface area contributed by atoms with Crippen LogP contribution in [0.5, 0.6) is 0 Å². The van der Waals surface area contributed by atoms with Crippen molar-refractivity contribution < 1.29 is 4.39 Å². The quantitative estimate of drug-likeness (QED) is 0.823. The lowest BCUT2D eigenvalue weighted by Crippen LogP contribution is -2.04. The maximum absolute atomic E-state index is 13.2. The molecule has 0 aromatic heterocycles. The first-order valence-corrected chi connectivity index (χ1v) is 7.29. The van der Waals surface area contributed by atoms with Gasteiger partial charge >= 0.3 is 0 Å². The summed E-state index contributed by atoms with van der Waals surface area (Å²) in [5, 5.41) is 3.13. The van der Waals surface area contributed by atoms with Crippen molar-refractivity contribution in [3.8, 4) is 0 Å². The van der Waals surface area contributed by atoms with E-state index in [9.17, 15) is 4.39 Å². The molecule has 2 rings (SSSR count). The molecule has 19 heavy (non-hydrogen) atoms. The Morgan fingerprint density at radius 2 is 1.84 bits per heavy atom. The molecule has 0 heterocycles. The van der Waals surface area contributed by atoms with Gasteiger partial charge in [-0.1, -0.05) is 18.2 Å². The summed E-state index contributed by atoms with van der Waals surface area (Å²) in [4.78, 5) is 1.21. The summed E-state index contributed by atoms with van der Waals surface area (Å²) in [5.74, 6) is 0.639. The maximum Gasteiger partial charge on any atom is 0.123 e. The molecule has 0 bridgehead atoms. The first kappa shape index (κ1) is 14.1. The largest absolute Gasteiger partial charge is 0.316 e. The van der Waals surface area contributed by atoms with E-state index < -0.39 is 0 Å². The molecule has 0 saturated carbocycles. The Bertz CT molecular complexity index is 537. The molecule has 0 aliphatic carbocycles. The molecule has 0 saturated heterocycles. The molecule has 0 fully saturated rings. The van der Waals surface area contributed by atoms with Crippen LogP contribution in [0.3, 0.4) is 0 Å². The van der Waals surface area contributed by atoms with E-state index in [4.69, 9.17) is 0 Å². The van der Waals surface area contributed by atoms with Crippen molar-refractivity contribution in [1.29, 1.82) is 0 Å². The van der Waals surface area contributed by atoms with Crippen LogP contribution in [0.2, 0.25) is 0 Å². The summed E-state index contributed by atoms with van der Waals surface area (Å²) in [7, 11) is 1.94. The summed E-state index contributed by atoms with van der Waals surface area (Å²) >= 11 is 1.74. The van der Waals surface area contributed by atoms with Crippen molar-refractivity contribution >= 4 is 11.8 Å². The van der Waals surface area contributed by atoms with Crippen LogP contribution in [0.25, 0.3) is 0 Å². The second-order valence-corrected chi connectivity index (χ2v) is 5.58. The van der Waals surface area contributed by atoms with Crippen LogP contribution in [-0.2, 0) is 12.3 Å². The Morgan fingerprint density at radius 1 is 1.11 bits per heavy atom. The summed E-state index contributed by atoms with van der Waals surface area (Å²) in [6.45, 7) is 2.90. The topological polar surface area (TPSA) is 12.0 Å². The number of thioether (sulfide) groups is 1. The number of halogens is 1. The van der Waals surface area contributed by atoms with Gasteiger partial charge in [0.1, 0.15) is 5.82 Å². The maximum atomic E-state index is 13.2. The fourth-order valence-electron chi connectivity index (χ4n) is 1.86. The zero-order valence-corrected chi connectivity index (χ0v) is 12.1. The van der Waals surface area contributed by atoms with Gasteiger partial charge in [-0.25, -0.2) is 4.39 Å². The van der Waals surface area contributed by atoms with Gasteiger partial charge < -0.3 is 5.32 Å². The van der Waals surface area contributed by atoms with E-state index in [1.807, 2.05) is 20.0 Å². The van der Waals surface area contributed by atoms with Gasteiger partial charge in [-0.3, -0.25) is 0 Å². The molecule has 0 radical (unpaired) electrons.